The fourth-order valence-electron chi connectivity index (χ4n) is 1.02. The van der Waals surface area contributed by atoms with Crippen molar-refractivity contribution in [2.24, 2.45) is 0 Å². The number of hydrogen-bond acceptors (Lipinski definition) is 3. The van der Waals surface area contributed by atoms with Crippen molar-refractivity contribution in [1.82, 2.24) is 10.3 Å². The highest BCUT2D eigenvalue weighted by Crippen LogP contribution is 2.05. The van der Waals surface area contributed by atoms with Gasteiger partial charge < -0.3 is 5.32 Å². The number of rotatable bonds is 3. The fraction of sp³-hybridized carbons (Fsp3) is 0.300. The molecule has 0 bridgehead atoms. The summed E-state index contributed by atoms with van der Waals surface area (Å²) in [7, 11) is 0. The van der Waals surface area contributed by atoms with Crippen molar-refractivity contribution in [2.75, 3.05) is 0 Å². The molecule has 1 aromatic heterocycles. The summed E-state index contributed by atoms with van der Waals surface area (Å²) in [5.41, 5.74) is 0.257. The van der Waals surface area contributed by atoms with Crippen LogP contribution in [0.3, 0.4) is 0 Å². The van der Waals surface area contributed by atoms with Gasteiger partial charge in [0, 0.05) is 6.04 Å². The minimum absolute atomic E-state index is 0.191. The van der Waals surface area contributed by atoms with Gasteiger partial charge in [-0.3, -0.25) is 4.79 Å². The van der Waals surface area contributed by atoms with Crippen molar-refractivity contribution in [2.45, 2.75) is 19.4 Å². The molecule has 1 N–H and O–H groups in total. The zero-order valence-electron chi connectivity index (χ0n) is 8.20. The van der Waals surface area contributed by atoms with E-state index in [2.05, 4.69) is 10.3 Å². The molecular formula is C10H10ClN3O. The monoisotopic (exact) mass is 223 g/mol. The number of carbonyl (C=O) groups excluding carboxylic acids is 1. The molecule has 0 aliphatic rings. The van der Waals surface area contributed by atoms with E-state index >= 15 is 0 Å². The van der Waals surface area contributed by atoms with Crippen LogP contribution >= 0.6 is 11.6 Å². The Kier molecular flexibility index (Phi) is 4.07. The van der Waals surface area contributed by atoms with Crippen LogP contribution in [0.2, 0.25) is 5.15 Å². The van der Waals surface area contributed by atoms with Crippen molar-refractivity contribution >= 4 is 17.5 Å². The highest BCUT2D eigenvalue weighted by Gasteiger charge is 2.10. The molecule has 4 nitrogen and oxygen atoms in total. The number of nitriles is 1. The Hall–Kier alpha value is -1.60. The van der Waals surface area contributed by atoms with Crippen molar-refractivity contribution in [3.05, 3.63) is 29.0 Å². The lowest BCUT2D eigenvalue weighted by atomic mass is 10.2. The smallest absolute Gasteiger partial charge is 0.270 e. The summed E-state index contributed by atoms with van der Waals surface area (Å²) in [4.78, 5) is 15.4. The molecule has 1 atom stereocenters. The molecule has 0 radical (unpaired) electrons. The topological polar surface area (TPSA) is 65.8 Å². The molecule has 0 saturated carbocycles. The second-order valence-electron chi connectivity index (χ2n) is 3.08. The van der Waals surface area contributed by atoms with Crippen LogP contribution in [0.4, 0.5) is 0 Å². The van der Waals surface area contributed by atoms with Crippen molar-refractivity contribution in [1.29, 1.82) is 5.26 Å². The van der Waals surface area contributed by atoms with E-state index in [1.54, 1.807) is 25.1 Å². The SMILES string of the molecule is CC(CC#N)NC(=O)c1cccc(Cl)n1. The number of carbonyl (C=O) groups is 1. The first-order valence-electron chi connectivity index (χ1n) is 4.44. The second kappa shape index (κ2) is 5.32. The summed E-state index contributed by atoms with van der Waals surface area (Å²) >= 11 is 5.64. The molecule has 5 heteroatoms. The molecule has 1 aromatic rings. The molecule has 0 aromatic carbocycles. The van der Waals surface area contributed by atoms with Crippen LogP contribution < -0.4 is 5.32 Å². The molecule has 1 heterocycles. The minimum Gasteiger partial charge on any atom is -0.347 e. The second-order valence-corrected chi connectivity index (χ2v) is 3.47. The van der Waals surface area contributed by atoms with Crippen LogP contribution in [0.25, 0.3) is 0 Å². The normalized spacial score (nSPS) is 11.5. The molecule has 78 valence electrons. The third-order valence-electron chi connectivity index (χ3n) is 1.72. The first-order chi connectivity index (χ1) is 7.13. The van der Waals surface area contributed by atoms with Gasteiger partial charge in [-0.2, -0.15) is 5.26 Å². The van der Waals surface area contributed by atoms with E-state index in [4.69, 9.17) is 16.9 Å². The Balaban J connectivity index is 2.66. The summed E-state index contributed by atoms with van der Waals surface area (Å²) in [6.45, 7) is 1.76. The van der Waals surface area contributed by atoms with Gasteiger partial charge in [-0.25, -0.2) is 4.98 Å². The summed E-state index contributed by atoms with van der Waals surface area (Å²) in [5.74, 6) is -0.319. The van der Waals surface area contributed by atoms with Gasteiger partial charge in [0.1, 0.15) is 10.8 Å². The molecule has 1 amide bonds. The fourth-order valence-corrected chi connectivity index (χ4v) is 1.18. The Bertz CT molecular complexity index is 400. The molecule has 1 unspecified atom stereocenters. The van der Waals surface area contributed by atoms with Crippen LogP contribution in [0.15, 0.2) is 18.2 Å². The molecule has 0 aliphatic carbocycles. The number of nitrogens with one attached hydrogen (secondary N) is 1. The average molecular weight is 224 g/mol. The first kappa shape index (κ1) is 11.5. The zero-order valence-corrected chi connectivity index (χ0v) is 8.95. The third kappa shape index (κ3) is 3.56. The van der Waals surface area contributed by atoms with Gasteiger partial charge in [-0.15, -0.1) is 0 Å². The highest BCUT2D eigenvalue weighted by atomic mass is 35.5. The van der Waals surface area contributed by atoms with E-state index in [-0.39, 0.29) is 29.2 Å². The standard InChI is InChI=1S/C10H10ClN3O/c1-7(5-6-12)13-10(15)8-3-2-4-9(11)14-8/h2-4,7H,5H2,1H3,(H,13,15). The van der Waals surface area contributed by atoms with Gasteiger partial charge in [0.15, 0.2) is 0 Å². The van der Waals surface area contributed by atoms with Gasteiger partial charge >= 0.3 is 0 Å². The number of amides is 1. The van der Waals surface area contributed by atoms with Gasteiger partial charge in [-0.1, -0.05) is 17.7 Å². The number of pyridine rings is 1. The molecule has 0 spiro atoms. The molecule has 0 fully saturated rings. The van der Waals surface area contributed by atoms with Crippen LogP contribution in [0.1, 0.15) is 23.8 Å². The van der Waals surface area contributed by atoms with Crippen molar-refractivity contribution < 1.29 is 4.79 Å². The summed E-state index contributed by atoms with van der Waals surface area (Å²) in [5, 5.41) is 11.3. The lowest BCUT2D eigenvalue weighted by Gasteiger charge is -2.09. The number of hydrogen-bond donors (Lipinski definition) is 1. The van der Waals surface area contributed by atoms with Gasteiger partial charge in [-0.05, 0) is 19.1 Å². The number of aromatic nitrogens is 1. The molecule has 1 rings (SSSR count). The Morgan fingerprint density at radius 2 is 2.47 bits per heavy atom. The predicted molar refractivity (Wildman–Crippen MR) is 56.4 cm³/mol. The van der Waals surface area contributed by atoms with Crippen LogP contribution in [-0.2, 0) is 0 Å². The van der Waals surface area contributed by atoms with E-state index in [0.717, 1.165) is 0 Å². The summed E-state index contributed by atoms with van der Waals surface area (Å²) < 4.78 is 0. The quantitative estimate of drug-likeness (QED) is 0.795. The van der Waals surface area contributed by atoms with E-state index < -0.39 is 0 Å². The summed E-state index contributed by atoms with van der Waals surface area (Å²) in [6.07, 6.45) is 0.270. The van der Waals surface area contributed by atoms with Gasteiger partial charge in [0.2, 0.25) is 0 Å². The molecular weight excluding hydrogens is 214 g/mol. The van der Waals surface area contributed by atoms with Crippen LogP contribution in [0, 0.1) is 11.3 Å². The Morgan fingerprint density at radius 3 is 3.07 bits per heavy atom. The number of nitrogens with zero attached hydrogens (tertiary/aromatic N) is 2. The zero-order chi connectivity index (χ0) is 11.3. The van der Waals surface area contributed by atoms with E-state index in [9.17, 15) is 4.79 Å². The van der Waals surface area contributed by atoms with E-state index in [0.29, 0.717) is 0 Å². The van der Waals surface area contributed by atoms with Crippen LogP contribution in [-0.4, -0.2) is 16.9 Å². The lowest BCUT2D eigenvalue weighted by molar-refractivity contribution is 0.0936. The summed E-state index contributed by atoms with van der Waals surface area (Å²) in [6, 6.07) is 6.60. The maximum atomic E-state index is 11.5. The van der Waals surface area contributed by atoms with E-state index in [1.807, 2.05) is 6.07 Å². The predicted octanol–water partition coefficient (Wildman–Crippen LogP) is 1.77. The van der Waals surface area contributed by atoms with Crippen molar-refractivity contribution in [3.63, 3.8) is 0 Å². The highest BCUT2D eigenvalue weighted by molar-refractivity contribution is 6.29. The molecule has 15 heavy (non-hydrogen) atoms. The first-order valence-corrected chi connectivity index (χ1v) is 4.81. The minimum atomic E-state index is -0.319. The van der Waals surface area contributed by atoms with Gasteiger partial charge in [0.05, 0.1) is 12.5 Å². The lowest BCUT2D eigenvalue weighted by Crippen LogP contribution is -2.32. The largest absolute Gasteiger partial charge is 0.347 e. The van der Waals surface area contributed by atoms with E-state index in [1.165, 1.54) is 0 Å². The van der Waals surface area contributed by atoms with Crippen molar-refractivity contribution in [3.8, 4) is 6.07 Å². The Morgan fingerprint density at radius 1 is 1.73 bits per heavy atom. The maximum Gasteiger partial charge on any atom is 0.270 e. The van der Waals surface area contributed by atoms with Gasteiger partial charge in [0.25, 0.3) is 5.91 Å². The molecule has 0 aliphatic heterocycles. The Labute approximate surface area is 92.9 Å². The number of halogens is 1. The molecule has 0 saturated heterocycles. The van der Waals surface area contributed by atoms with Crippen LogP contribution in [0.5, 0.6) is 0 Å². The average Bonchev–Trinajstić information content (AvgIpc) is 2.18. The maximum absolute atomic E-state index is 11.5. The third-order valence-corrected chi connectivity index (χ3v) is 1.93.